The Kier molecular flexibility index (Phi) is 6.09. The van der Waals surface area contributed by atoms with E-state index in [2.05, 4.69) is 11.0 Å². The van der Waals surface area contributed by atoms with E-state index in [1.54, 1.807) is 12.1 Å². The second kappa shape index (κ2) is 9.57. The highest BCUT2D eigenvalue weighted by Crippen LogP contribution is 2.66. The van der Waals surface area contributed by atoms with Crippen molar-refractivity contribution in [3.8, 4) is 11.5 Å². The zero-order chi connectivity index (χ0) is 28.7. The fraction of sp³-hybridized carbons (Fsp3) is 0.486. The van der Waals surface area contributed by atoms with Crippen molar-refractivity contribution < 1.29 is 23.0 Å². The van der Waals surface area contributed by atoms with Crippen LogP contribution in [0.15, 0.2) is 71.6 Å². The largest absolute Gasteiger partial charge is 0.485 e. The van der Waals surface area contributed by atoms with E-state index in [0.29, 0.717) is 30.1 Å². The molecule has 220 valence electrons. The van der Waals surface area contributed by atoms with Crippen molar-refractivity contribution in [1.82, 2.24) is 4.90 Å². The number of hydrogen-bond acceptors (Lipinski definition) is 6. The van der Waals surface area contributed by atoms with Crippen LogP contribution in [0.1, 0.15) is 54.4 Å². The molecule has 6 nitrogen and oxygen atoms in total. The molecule has 2 bridgehead atoms. The van der Waals surface area contributed by atoms with E-state index in [1.807, 2.05) is 55.5 Å². The minimum absolute atomic E-state index is 0.0124. The maximum absolute atomic E-state index is 13.7. The van der Waals surface area contributed by atoms with Crippen molar-refractivity contribution in [2.75, 3.05) is 18.8 Å². The molecule has 1 unspecified atom stereocenters. The third-order valence-corrected chi connectivity index (χ3v) is 12.8. The van der Waals surface area contributed by atoms with E-state index in [9.17, 15) is 13.5 Å². The van der Waals surface area contributed by atoms with Crippen LogP contribution in [0.3, 0.4) is 0 Å². The van der Waals surface area contributed by atoms with Crippen molar-refractivity contribution in [2.45, 2.75) is 80.1 Å². The first-order chi connectivity index (χ1) is 20.3. The molecule has 3 fully saturated rings. The first-order valence-corrected chi connectivity index (χ1v) is 17.2. The summed E-state index contributed by atoms with van der Waals surface area (Å²) in [5, 5.41) is 12.9. The maximum atomic E-state index is 13.7. The predicted octanol–water partition coefficient (Wildman–Crippen LogP) is 5.23. The first kappa shape index (κ1) is 26.7. The molecule has 0 amide bonds. The van der Waals surface area contributed by atoms with Crippen molar-refractivity contribution >= 4 is 9.84 Å². The zero-order valence-corrected chi connectivity index (χ0v) is 25.0. The lowest BCUT2D eigenvalue weighted by atomic mass is 9.47. The average Bonchev–Trinajstić information content (AvgIpc) is 3.73. The zero-order valence-electron chi connectivity index (χ0n) is 24.2. The van der Waals surface area contributed by atoms with Crippen molar-refractivity contribution in [2.24, 2.45) is 11.8 Å². The fourth-order valence-electron chi connectivity index (χ4n) is 8.72. The van der Waals surface area contributed by atoms with Crippen molar-refractivity contribution in [3.63, 3.8) is 0 Å². The van der Waals surface area contributed by atoms with E-state index < -0.39 is 27.0 Å². The molecule has 3 aromatic rings. The van der Waals surface area contributed by atoms with Crippen LogP contribution in [0.2, 0.25) is 0 Å². The lowest BCUT2D eigenvalue weighted by molar-refractivity contribution is -0.195. The molecule has 5 aliphatic rings. The normalized spacial score (nSPS) is 31.3. The summed E-state index contributed by atoms with van der Waals surface area (Å²) in [5.41, 5.74) is 2.80. The Balaban J connectivity index is 1.20. The van der Waals surface area contributed by atoms with Gasteiger partial charge in [-0.1, -0.05) is 54.1 Å². The van der Waals surface area contributed by atoms with Gasteiger partial charge < -0.3 is 14.6 Å². The van der Waals surface area contributed by atoms with E-state index in [1.165, 1.54) is 18.4 Å². The molecule has 3 aliphatic carbocycles. The molecule has 0 aromatic heterocycles. The summed E-state index contributed by atoms with van der Waals surface area (Å²) in [6, 6.07) is 21.4. The topological polar surface area (TPSA) is 76.1 Å². The quantitative estimate of drug-likeness (QED) is 0.390. The summed E-state index contributed by atoms with van der Waals surface area (Å²) < 4.78 is 40.8. The van der Waals surface area contributed by atoms with Crippen molar-refractivity contribution in [1.29, 1.82) is 0 Å². The second-order valence-electron chi connectivity index (χ2n) is 13.4. The molecule has 42 heavy (non-hydrogen) atoms. The van der Waals surface area contributed by atoms with Crippen molar-refractivity contribution in [3.05, 3.63) is 89.0 Å². The molecule has 2 aliphatic heterocycles. The molecule has 7 heteroatoms. The molecule has 5 atom stereocenters. The highest BCUT2D eigenvalue weighted by atomic mass is 32.2. The Morgan fingerprint density at radius 3 is 2.55 bits per heavy atom. The van der Waals surface area contributed by atoms with Gasteiger partial charge in [0.2, 0.25) is 0 Å². The van der Waals surface area contributed by atoms with Crippen LogP contribution in [0, 0.1) is 18.8 Å². The Morgan fingerprint density at radius 2 is 1.79 bits per heavy atom. The predicted molar refractivity (Wildman–Crippen MR) is 161 cm³/mol. The van der Waals surface area contributed by atoms with Gasteiger partial charge in [0.15, 0.2) is 21.3 Å². The third kappa shape index (κ3) is 4.00. The summed E-state index contributed by atoms with van der Waals surface area (Å²) in [4.78, 5) is 2.90. The Hall–Kier alpha value is -2.87. The molecule has 0 radical (unpaired) electrons. The number of nitrogens with zero attached hydrogens (tertiary/aromatic N) is 1. The van der Waals surface area contributed by atoms with Gasteiger partial charge >= 0.3 is 0 Å². The SMILES string of the molecule is Cc1ccc(S(=O)(=O)C[C@H]2CCC3(O)[C@H]4Cc5ccc(OCc6ccccc6)c6c5[C@@]3(CCN4CC3CC3)[C@H]2O6)cc1. The molecule has 1 saturated heterocycles. The number of benzene rings is 3. The van der Waals surface area contributed by atoms with Crippen LogP contribution in [0.25, 0.3) is 0 Å². The van der Waals surface area contributed by atoms with Gasteiger partial charge in [-0.25, -0.2) is 8.42 Å². The Labute approximate surface area is 248 Å². The van der Waals surface area contributed by atoms with Crippen LogP contribution in [-0.2, 0) is 28.3 Å². The van der Waals surface area contributed by atoms with E-state index in [4.69, 9.17) is 9.47 Å². The number of hydrogen-bond donors (Lipinski definition) is 1. The van der Waals surface area contributed by atoms with Gasteiger partial charge in [-0.05, 0) is 87.2 Å². The summed E-state index contributed by atoms with van der Waals surface area (Å²) in [5.74, 6) is 1.93. The van der Waals surface area contributed by atoms with Crippen LogP contribution >= 0.6 is 0 Å². The number of ether oxygens (including phenoxy) is 2. The van der Waals surface area contributed by atoms with Gasteiger partial charge in [-0.3, -0.25) is 4.90 Å². The van der Waals surface area contributed by atoms with Gasteiger partial charge in [0.25, 0.3) is 0 Å². The van der Waals surface area contributed by atoms with Crippen LogP contribution in [0.5, 0.6) is 11.5 Å². The van der Waals surface area contributed by atoms with Gasteiger partial charge in [-0.2, -0.15) is 0 Å². The molecular formula is C35H39NO5S. The molecule has 8 rings (SSSR count). The number of piperidine rings is 1. The highest BCUT2D eigenvalue weighted by Gasteiger charge is 2.73. The third-order valence-electron chi connectivity index (χ3n) is 10.9. The molecule has 2 saturated carbocycles. The minimum Gasteiger partial charge on any atom is -0.485 e. The summed E-state index contributed by atoms with van der Waals surface area (Å²) in [6.45, 7) is 4.32. The standard InChI is InChI=1S/C35H39NO5S/c1-23-7-12-28(13-8-23)42(38,39)22-27-15-16-35(37)30-19-26-11-14-29(40-21-25-5-3-2-4-6-25)32-31(26)34(35,33(27)41-32)17-18-36(30)20-24-9-10-24/h2-8,11-14,24,27,30,33,37H,9-10,15-22H2,1H3/t27-,30-,33+,34+,35?/m1/s1. The smallest absolute Gasteiger partial charge is 0.178 e. The number of aliphatic hydroxyl groups is 1. The van der Waals surface area contributed by atoms with E-state index >= 15 is 0 Å². The fourth-order valence-corrected chi connectivity index (χ4v) is 10.4. The average molecular weight is 586 g/mol. The summed E-state index contributed by atoms with van der Waals surface area (Å²) in [6.07, 6.45) is 4.89. The lowest BCUT2D eigenvalue weighted by Crippen LogP contribution is -2.76. The highest BCUT2D eigenvalue weighted by molar-refractivity contribution is 7.91. The molecule has 2 heterocycles. The monoisotopic (exact) mass is 585 g/mol. The Bertz CT molecular complexity index is 1620. The number of rotatable bonds is 8. The van der Waals surface area contributed by atoms with Crippen LogP contribution in [-0.4, -0.2) is 55.0 Å². The van der Waals surface area contributed by atoms with Gasteiger partial charge in [0.1, 0.15) is 12.7 Å². The lowest BCUT2D eigenvalue weighted by Gasteiger charge is -2.64. The maximum Gasteiger partial charge on any atom is 0.178 e. The molecule has 1 spiro atoms. The molecular weight excluding hydrogens is 546 g/mol. The van der Waals surface area contributed by atoms with Gasteiger partial charge in [-0.15, -0.1) is 0 Å². The summed E-state index contributed by atoms with van der Waals surface area (Å²) in [7, 11) is -3.54. The molecule has 1 N–H and O–H groups in total. The first-order valence-electron chi connectivity index (χ1n) is 15.5. The minimum atomic E-state index is -3.54. The number of aryl methyl sites for hydroxylation is 1. The summed E-state index contributed by atoms with van der Waals surface area (Å²) >= 11 is 0. The van der Waals surface area contributed by atoms with E-state index in [-0.39, 0.29) is 17.7 Å². The Morgan fingerprint density at radius 1 is 1.00 bits per heavy atom. The molecule has 3 aromatic carbocycles. The number of likely N-dealkylation sites (tertiary alicyclic amines) is 1. The van der Waals surface area contributed by atoms with Crippen LogP contribution in [0.4, 0.5) is 0 Å². The number of sulfone groups is 1. The van der Waals surface area contributed by atoms with Gasteiger partial charge in [0.05, 0.1) is 21.7 Å². The van der Waals surface area contributed by atoms with Gasteiger partial charge in [0, 0.05) is 24.1 Å². The second-order valence-corrected chi connectivity index (χ2v) is 15.5. The van der Waals surface area contributed by atoms with E-state index in [0.717, 1.165) is 54.3 Å². The van der Waals surface area contributed by atoms with Crippen LogP contribution < -0.4 is 9.47 Å².